The third-order valence-electron chi connectivity index (χ3n) is 9.56. The van der Waals surface area contributed by atoms with Crippen LogP contribution in [0.3, 0.4) is 0 Å². The highest BCUT2D eigenvalue weighted by molar-refractivity contribution is 5.43. The molecular formula is C27H44O. The van der Waals surface area contributed by atoms with Gasteiger partial charge in [0.15, 0.2) is 0 Å². The molecule has 1 heteroatoms. The van der Waals surface area contributed by atoms with Gasteiger partial charge >= 0.3 is 0 Å². The van der Waals surface area contributed by atoms with Crippen LogP contribution in [0.2, 0.25) is 0 Å². The molecule has 158 valence electrons. The van der Waals surface area contributed by atoms with Crippen molar-refractivity contribution in [3.05, 3.63) is 22.8 Å². The zero-order valence-electron chi connectivity index (χ0n) is 19.2. The summed E-state index contributed by atoms with van der Waals surface area (Å²) in [6.45, 7) is 12.2. The Balaban J connectivity index is 1.58. The van der Waals surface area contributed by atoms with Crippen molar-refractivity contribution in [2.45, 2.75) is 111 Å². The van der Waals surface area contributed by atoms with Crippen molar-refractivity contribution < 1.29 is 5.11 Å². The second kappa shape index (κ2) is 7.60. The molecule has 0 amide bonds. The lowest BCUT2D eigenvalue weighted by Crippen LogP contribution is -2.42. The first kappa shape index (κ1) is 20.7. The number of fused-ring (bicyclic) bond motifs is 4. The average Bonchev–Trinajstić information content (AvgIpc) is 2.92. The zero-order chi connectivity index (χ0) is 20.1. The Morgan fingerprint density at radius 1 is 1.07 bits per heavy atom. The van der Waals surface area contributed by atoms with Gasteiger partial charge in [0.25, 0.3) is 0 Å². The zero-order valence-corrected chi connectivity index (χ0v) is 19.2. The topological polar surface area (TPSA) is 20.2 Å². The molecule has 0 unspecified atom stereocenters. The van der Waals surface area contributed by atoms with E-state index in [0.29, 0.717) is 22.7 Å². The molecule has 0 bridgehead atoms. The van der Waals surface area contributed by atoms with Crippen molar-refractivity contribution in [1.29, 1.82) is 0 Å². The van der Waals surface area contributed by atoms with Crippen LogP contribution in [0.1, 0.15) is 105 Å². The van der Waals surface area contributed by atoms with Crippen molar-refractivity contribution >= 4 is 0 Å². The smallest absolute Gasteiger partial charge is 0.0614 e. The Kier molecular flexibility index (Phi) is 5.62. The molecule has 4 aliphatic carbocycles. The molecular weight excluding hydrogens is 340 g/mol. The third kappa shape index (κ3) is 3.24. The minimum Gasteiger partial charge on any atom is -0.392 e. The van der Waals surface area contributed by atoms with Gasteiger partial charge in [0.1, 0.15) is 0 Å². The first-order valence-electron chi connectivity index (χ1n) is 12.4. The van der Waals surface area contributed by atoms with Gasteiger partial charge in [-0.05, 0) is 68.1 Å². The lowest BCUT2D eigenvalue weighted by Gasteiger charge is -2.52. The number of aliphatic hydroxyl groups excluding tert-OH is 1. The van der Waals surface area contributed by atoms with Gasteiger partial charge in [-0.2, -0.15) is 0 Å². The number of allylic oxidation sites excluding steroid dienone is 3. The van der Waals surface area contributed by atoms with E-state index in [2.05, 4.69) is 40.7 Å². The van der Waals surface area contributed by atoms with E-state index in [0.717, 1.165) is 24.7 Å². The highest BCUT2D eigenvalue weighted by Crippen LogP contribution is 2.64. The number of hydrogen-bond donors (Lipinski definition) is 1. The maximum absolute atomic E-state index is 11.3. The van der Waals surface area contributed by atoms with E-state index in [-0.39, 0.29) is 6.10 Å². The van der Waals surface area contributed by atoms with Crippen molar-refractivity contribution in [1.82, 2.24) is 0 Å². The lowest BCUT2D eigenvalue weighted by atomic mass is 9.53. The molecule has 0 aromatic rings. The summed E-state index contributed by atoms with van der Waals surface area (Å²) in [5.41, 5.74) is 5.80. The molecule has 4 aliphatic rings. The summed E-state index contributed by atoms with van der Waals surface area (Å²) in [4.78, 5) is 0. The van der Waals surface area contributed by atoms with Gasteiger partial charge in [0.05, 0.1) is 6.10 Å². The van der Waals surface area contributed by atoms with E-state index in [1.807, 2.05) is 0 Å². The molecule has 0 spiro atoms. The maximum Gasteiger partial charge on any atom is 0.0614 e. The Hall–Kier alpha value is -0.560. The summed E-state index contributed by atoms with van der Waals surface area (Å²) in [7, 11) is 0. The Morgan fingerprint density at radius 2 is 1.86 bits per heavy atom. The van der Waals surface area contributed by atoms with Crippen LogP contribution in [0.15, 0.2) is 22.8 Å². The monoisotopic (exact) mass is 384 g/mol. The molecule has 1 nitrogen and oxygen atoms in total. The molecule has 0 aromatic carbocycles. The Bertz CT molecular complexity index is 655. The minimum atomic E-state index is -0.116. The quantitative estimate of drug-likeness (QED) is 0.488. The second-order valence-electron chi connectivity index (χ2n) is 11.7. The van der Waals surface area contributed by atoms with Gasteiger partial charge in [0, 0.05) is 11.3 Å². The SMILES string of the molecule is CC(C)CCC[C@@H](C)[C@H]1C[C@@H](O)[C@H]2C3=C(CC[C@]12C)[C@@]1(C)CCCCC1=CC3. The number of aliphatic hydroxyl groups is 1. The molecule has 0 radical (unpaired) electrons. The number of rotatable bonds is 5. The van der Waals surface area contributed by atoms with Crippen LogP contribution in [0, 0.1) is 34.5 Å². The van der Waals surface area contributed by atoms with Crippen LogP contribution in [0.4, 0.5) is 0 Å². The predicted octanol–water partition coefficient (Wildman–Crippen LogP) is 7.45. The van der Waals surface area contributed by atoms with Gasteiger partial charge in [-0.3, -0.25) is 0 Å². The summed E-state index contributed by atoms with van der Waals surface area (Å²) in [6.07, 6.45) is 16.7. The predicted molar refractivity (Wildman–Crippen MR) is 119 cm³/mol. The molecule has 0 saturated heterocycles. The van der Waals surface area contributed by atoms with Gasteiger partial charge in [-0.25, -0.2) is 0 Å². The largest absolute Gasteiger partial charge is 0.392 e. The van der Waals surface area contributed by atoms with E-state index in [1.54, 1.807) is 16.7 Å². The van der Waals surface area contributed by atoms with Crippen LogP contribution in [-0.4, -0.2) is 11.2 Å². The summed E-state index contributed by atoms with van der Waals surface area (Å²) in [5, 5.41) is 11.3. The van der Waals surface area contributed by atoms with E-state index in [9.17, 15) is 5.11 Å². The normalized spacial score (nSPS) is 41.4. The minimum absolute atomic E-state index is 0.116. The third-order valence-corrected chi connectivity index (χ3v) is 9.56. The highest BCUT2D eigenvalue weighted by Gasteiger charge is 2.57. The average molecular weight is 385 g/mol. The van der Waals surface area contributed by atoms with Crippen LogP contribution < -0.4 is 0 Å². The fourth-order valence-corrected chi connectivity index (χ4v) is 8.00. The molecule has 28 heavy (non-hydrogen) atoms. The van der Waals surface area contributed by atoms with Crippen LogP contribution in [-0.2, 0) is 0 Å². The standard InChI is InChI=1S/C27H44O/c1-18(2)9-8-10-19(3)23-17-24(28)25-21-13-12-20-11-6-7-15-26(20,4)22(21)14-16-27(23,25)5/h12,18-19,23-25,28H,6-11,13-17H2,1-5H3/t19-,23-,24-,25-,26+,27-/m1/s1. The van der Waals surface area contributed by atoms with Gasteiger partial charge in [-0.15, -0.1) is 0 Å². The van der Waals surface area contributed by atoms with Crippen LogP contribution >= 0.6 is 0 Å². The maximum atomic E-state index is 11.3. The molecule has 2 saturated carbocycles. The summed E-state index contributed by atoms with van der Waals surface area (Å²) in [6, 6.07) is 0. The lowest BCUT2D eigenvalue weighted by molar-refractivity contribution is 0.0670. The van der Waals surface area contributed by atoms with Gasteiger partial charge in [-0.1, -0.05) is 83.1 Å². The van der Waals surface area contributed by atoms with E-state index in [4.69, 9.17) is 0 Å². The molecule has 4 rings (SSSR count). The fraction of sp³-hybridized carbons (Fsp3) is 0.852. The summed E-state index contributed by atoms with van der Waals surface area (Å²) >= 11 is 0. The van der Waals surface area contributed by atoms with Crippen molar-refractivity contribution in [3.8, 4) is 0 Å². The van der Waals surface area contributed by atoms with Crippen LogP contribution in [0.5, 0.6) is 0 Å². The van der Waals surface area contributed by atoms with Crippen LogP contribution in [0.25, 0.3) is 0 Å². The highest BCUT2D eigenvalue weighted by atomic mass is 16.3. The molecule has 0 aliphatic heterocycles. The summed E-state index contributed by atoms with van der Waals surface area (Å²) < 4.78 is 0. The Labute approximate surface area is 174 Å². The first-order valence-corrected chi connectivity index (χ1v) is 12.4. The molecule has 0 aromatic heterocycles. The second-order valence-corrected chi connectivity index (χ2v) is 11.7. The Morgan fingerprint density at radius 3 is 2.61 bits per heavy atom. The van der Waals surface area contributed by atoms with Crippen molar-refractivity contribution in [2.75, 3.05) is 0 Å². The van der Waals surface area contributed by atoms with E-state index < -0.39 is 0 Å². The van der Waals surface area contributed by atoms with Crippen molar-refractivity contribution in [2.24, 2.45) is 34.5 Å². The van der Waals surface area contributed by atoms with E-state index >= 15 is 0 Å². The molecule has 0 heterocycles. The molecule has 1 N–H and O–H groups in total. The van der Waals surface area contributed by atoms with Gasteiger partial charge in [0.2, 0.25) is 0 Å². The number of hydrogen-bond acceptors (Lipinski definition) is 1. The summed E-state index contributed by atoms with van der Waals surface area (Å²) in [5.74, 6) is 2.67. The van der Waals surface area contributed by atoms with Gasteiger partial charge < -0.3 is 5.11 Å². The molecule has 6 atom stereocenters. The fourth-order valence-electron chi connectivity index (χ4n) is 8.00. The first-order chi connectivity index (χ1) is 13.3. The van der Waals surface area contributed by atoms with E-state index in [1.165, 1.54) is 57.8 Å². The molecule has 2 fully saturated rings. The van der Waals surface area contributed by atoms with Crippen molar-refractivity contribution in [3.63, 3.8) is 0 Å².